The first-order chi connectivity index (χ1) is 22.2. The molecule has 0 spiro atoms. The molecule has 254 valence electrons. The highest BCUT2D eigenvalue weighted by atomic mass is 32.2. The van der Waals surface area contributed by atoms with Crippen LogP contribution in [0.1, 0.15) is 38.1 Å². The van der Waals surface area contributed by atoms with Crippen LogP contribution in [0, 0.1) is 11.6 Å². The van der Waals surface area contributed by atoms with E-state index in [0.717, 1.165) is 17.8 Å². The molecular formula is C31H35F2N3O8S3. The number of halogens is 2. The van der Waals surface area contributed by atoms with Crippen molar-refractivity contribution >= 4 is 70.1 Å². The summed E-state index contributed by atoms with van der Waals surface area (Å²) in [5, 5.41) is 6.56. The molecule has 3 N–H and O–H groups in total. The molecule has 0 radical (unpaired) electrons. The molecule has 0 fully saturated rings. The molecule has 2 aromatic carbocycles. The maximum atomic E-state index is 14.6. The molecule has 0 saturated heterocycles. The Morgan fingerprint density at radius 2 is 1.49 bits per heavy atom. The summed E-state index contributed by atoms with van der Waals surface area (Å²) in [7, 11) is 0. The number of rotatable bonds is 16. The second-order valence-corrected chi connectivity index (χ2v) is 12.3. The third kappa shape index (κ3) is 12.7. The zero-order valence-electron chi connectivity index (χ0n) is 26.0. The summed E-state index contributed by atoms with van der Waals surface area (Å²) in [4.78, 5) is 75.0. The summed E-state index contributed by atoms with van der Waals surface area (Å²) in [6.07, 6.45) is 0. The van der Waals surface area contributed by atoms with Gasteiger partial charge in [-0.2, -0.15) is 12.6 Å². The van der Waals surface area contributed by atoms with E-state index in [1.54, 1.807) is 13.8 Å². The van der Waals surface area contributed by atoms with Gasteiger partial charge in [0.1, 0.15) is 35.5 Å². The van der Waals surface area contributed by atoms with Crippen LogP contribution in [0.2, 0.25) is 0 Å². The smallest absolute Gasteiger partial charge is 0.334 e. The number of carbonyl (C=O) groups is 6. The van der Waals surface area contributed by atoms with E-state index in [1.807, 2.05) is 0 Å². The van der Waals surface area contributed by atoms with Gasteiger partial charge in [-0.15, -0.1) is 0 Å². The highest BCUT2D eigenvalue weighted by molar-refractivity contribution is 8.15. The zero-order valence-corrected chi connectivity index (χ0v) is 28.5. The van der Waals surface area contributed by atoms with E-state index in [0.29, 0.717) is 23.5 Å². The van der Waals surface area contributed by atoms with Gasteiger partial charge >= 0.3 is 11.9 Å². The van der Waals surface area contributed by atoms with Crippen molar-refractivity contribution in [3.05, 3.63) is 65.9 Å². The SMILES string of the molecule is C=C(C)NC(CSC(=O)c1cc(-c2ccc(F)cc2F)ccc1OC(=O)C(CS)NC(C)=O)C(=O)SCC(NC(C)=O)C(=O)OCC. The van der Waals surface area contributed by atoms with Crippen LogP contribution in [0.15, 0.2) is 48.7 Å². The van der Waals surface area contributed by atoms with Crippen molar-refractivity contribution in [3.63, 3.8) is 0 Å². The van der Waals surface area contributed by atoms with Crippen molar-refractivity contribution in [3.8, 4) is 16.9 Å². The lowest BCUT2D eigenvalue weighted by Gasteiger charge is -2.20. The fourth-order valence-corrected chi connectivity index (χ4v) is 6.01. The van der Waals surface area contributed by atoms with Crippen molar-refractivity contribution in [1.29, 1.82) is 0 Å². The molecule has 0 aliphatic heterocycles. The average molecular weight is 712 g/mol. The standard InChI is InChI=1S/C31H35F2N3O8S3/c1-6-43-28(39)25(36-18(5)38)14-47-31(42)26(34-16(2)3)15-46-30(41)22-11-19(21-9-8-20(32)12-23(21)33)7-10-27(22)44-29(40)24(13-45)35-17(4)37/h7-12,24-26,34,45H,2,6,13-15H2,1,3-5H3,(H,35,37)(H,36,38). The van der Waals surface area contributed by atoms with Crippen molar-refractivity contribution in [2.45, 2.75) is 45.8 Å². The third-order valence-electron chi connectivity index (χ3n) is 5.92. The number of carbonyl (C=O) groups excluding carboxylic acids is 6. The zero-order chi connectivity index (χ0) is 35.3. The number of hydrogen-bond donors (Lipinski definition) is 4. The van der Waals surface area contributed by atoms with E-state index in [4.69, 9.17) is 9.47 Å². The molecule has 0 saturated carbocycles. The number of ether oxygens (including phenoxy) is 2. The lowest BCUT2D eigenvalue weighted by atomic mass is 10.0. The van der Waals surface area contributed by atoms with Gasteiger partial charge < -0.3 is 25.4 Å². The lowest BCUT2D eigenvalue weighted by Crippen LogP contribution is -2.44. The molecule has 3 atom stereocenters. The highest BCUT2D eigenvalue weighted by Crippen LogP contribution is 2.32. The van der Waals surface area contributed by atoms with Crippen LogP contribution in [-0.2, 0) is 28.7 Å². The summed E-state index contributed by atoms with van der Waals surface area (Å²) < 4.78 is 38.6. The maximum Gasteiger partial charge on any atom is 0.334 e. The number of allylic oxidation sites excluding steroid dienone is 1. The van der Waals surface area contributed by atoms with Crippen molar-refractivity contribution in [1.82, 2.24) is 16.0 Å². The van der Waals surface area contributed by atoms with Gasteiger partial charge in [-0.05, 0) is 43.7 Å². The van der Waals surface area contributed by atoms with Crippen LogP contribution < -0.4 is 20.7 Å². The molecule has 11 nitrogen and oxygen atoms in total. The van der Waals surface area contributed by atoms with E-state index in [2.05, 4.69) is 35.2 Å². The van der Waals surface area contributed by atoms with Crippen LogP contribution in [-0.4, -0.2) is 76.0 Å². The van der Waals surface area contributed by atoms with Crippen LogP contribution in [0.4, 0.5) is 8.78 Å². The number of benzene rings is 2. The van der Waals surface area contributed by atoms with E-state index in [1.165, 1.54) is 38.1 Å². The number of esters is 2. The molecule has 2 aromatic rings. The van der Waals surface area contributed by atoms with Gasteiger partial charge in [0.25, 0.3) is 0 Å². The summed E-state index contributed by atoms with van der Waals surface area (Å²) in [6, 6.07) is 3.57. The minimum atomic E-state index is -1.14. The molecule has 2 amide bonds. The van der Waals surface area contributed by atoms with Crippen molar-refractivity contribution in [2.24, 2.45) is 0 Å². The van der Waals surface area contributed by atoms with Crippen LogP contribution in [0.25, 0.3) is 11.1 Å². The summed E-state index contributed by atoms with van der Waals surface area (Å²) in [6.45, 7) is 9.44. The first-order valence-electron chi connectivity index (χ1n) is 14.0. The molecule has 0 aliphatic rings. The first-order valence-corrected chi connectivity index (χ1v) is 16.7. The fraction of sp³-hybridized carbons (Fsp3) is 0.355. The number of thioether (sulfide) groups is 2. The number of thiol groups is 1. The molecule has 47 heavy (non-hydrogen) atoms. The predicted molar refractivity (Wildman–Crippen MR) is 179 cm³/mol. The fourth-order valence-electron chi connectivity index (χ4n) is 3.90. The Labute approximate surface area is 284 Å². The van der Waals surface area contributed by atoms with E-state index < -0.39 is 63.7 Å². The number of hydrogen-bond acceptors (Lipinski definition) is 12. The van der Waals surface area contributed by atoms with E-state index in [-0.39, 0.29) is 46.3 Å². The largest absolute Gasteiger partial charge is 0.464 e. The van der Waals surface area contributed by atoms with Gasteiger partial charge in [0.15, 0.2) is 0 Å². The van der Waals surface area contributed by atoms with Crippen molar-refractivity contribution < 1.29 is 47.0 Å². The van der Waals surface area contributed by atoms with E-state index in [9.17, 15) is 37.5 Å². The number of nitrogens with one attached hydrogen (secondary N) is 3. The monoisotopic (exact) mass is 711 g/mol. The Hall–Kier alpha value is -3.89. The molecular weight excluding hydrogens is 677 g/mol. The van der Waals surface area contributed by atoms with Crippen molar-refractivity contribution in [2.75, 3.05) is 23.9 Å². The average Bonchev–Trinajstić information content (AvgIpc) is 2.99. The summed E-state index contributed by atoms with van der Waals surface area (Å²) in [5.74, 6) is -4.96. The van der Waals surface area contributed by atoms with Gasteiger partial charge in [-0.25, -0.2) is 18.4 Å². The lowest BCUT2D eigenvalue weighted by molar-refractivity contribution is -0.146. The Morgan fingerprint density at radius 3 is 2.06 bits per heavy atom. The molecule has 2 rings (SSSR count). The maximum absolute atomic E-state index is 14.6. The Bertz CT molecular complexity index is 1520. The summed E-state index contributed by atoms with van der Waals surface area (Å²) >= 11 is 5.48. The van der Waals surface area contributed by atoms with Gasteiger partial charge in [0.2, 0.25) is 22.0 Å². The number of amides is 2. The van der Waals surface area contributed by atoms with Gasteiger partial charge in [0, 0.05) is 48.4 Å². The van der Waals surface area contributed by atoms with Gasteiger partial charge in [-0.1, -0.05) is 36.2 Å². The van der Waals surface area contributed by atoms with Gasteiger partial charge in [0.05, 0.1) is 12.2 Å². The Kier molecular flexibility index (Phi) is 15.9. The van der Waals surface area contributed by atoms with Crippen LogP contribution in [0.3, 0.4) is 0 Å². The molecule has 0 aromatic heterocycles. The quantitative estimate of drug-likeness (QED) is 0.115. The molecule has 16 heteroatoms. The van der Waals surface area contributed by atoms with Crippen LogP contribution in [0.5, 0.6) is 5.75 Å². The second-order valence-electron chi connectivity index (χ2n) is 9.90. The van der Waals surface area contributed by atoms with Gasteiger partial charge in [-0.3, -0.25) is 19.2 Å². The molecule has 0 aliphatic carbocycles. The molecule has 3 unspecified atom stereocenters. The Balaban J connectivity index is 2.37. The highest BCUT2D eigenvalue weighted by Gasteiger charge is 2.28. The van der Waals surface area contributed by atoms with E-state index >= 15 is 0 Å². The minimum absolute atomic E-state index is 0.0291. The van der Waals surface area contributed by atoms with Crippen LogP contribution >= 0.6 is 36.2 Å². The topological polar surface area (TPSA) is 157 Å². The molecule has 0 heterocycles. The molecule has 0 bridgehead atoms. The first kappa shape index (κ1) is 39.3. The Morgan fingerprint density at radius 1 is 0.851 bits per heavy atom. The second kappa shape index (κ2) is 19.1. The minimum Gasteiger partial charge on any atom is -0.464 e. The third-order valence-corrected chi connectivity index (χ3v) is 8.34. The summed E-state index contributed by atoms with van der Waals surface area (Å²) in [5.41, 5.74) is 0.371. The predicted octanol–water partition coefficient (Wildman–Crippen LogP) is 3.66. The normalized spacial score (nSPS) is 12.6.